The van der Waals surface area contributed by atoms with Crippen LogP contribution in [0.2, 0.25) is 0 Å². The normalized spacial score (nSPS) is 10.5. The molecule has 1 heterocycles. The third-order valence-corrected chi connectivity index (χ3v) is 6.11. The maximum absolute atomic E-state index is 13.3. The van der Waals surface area contributed by atoms with Gasteiger partial charge in [-0.3, -0.25) is 19.5 Å². The topological polar surface area (TPSA) is 89.4 Å². The van der Waals surface area contributed by atoms with Crippen molar-refractivity contribution in [3.8, 4) is 11.3 Å². The van der Waals surface area contributed by atoms with Crippen molar-refractivity contribution in [1.82, 2.24) is 9.88 Å². The fourth-order valence-corrected chi connectivity index (χ4v) is 4.04. The lowest BCUT2D eigenvalue weighted by atomic mass is 10.1. The lowest BCUT2D eigenvalue weighted by Crippen LogP contribution is -2.35. The second-order valence-corrected chi connectivity index (χ2v) is 8.87. The summed E-state index contributed by atoms with van der Waals surface area (Å²) in [5.74, 6) is -0.284. The minimum absolute atomic E-state index is 0.0632. The molecule has 178 valence electrons. The Hall–Kier alpha value is -3.14. The number of nitrogens with zero attached hydrogens (tertiary/aromatic N) is 1. The number of benzene rings is 2. The molecule has 34 heavy (non-hydrogen) atoms. The van der Waals surface area contributed by atoms with Crippen molar-refractivity contribution >= 4 is 40.3 Å². The molecule has 2 amide bonds. The van der Waals surface area contributed by atoms with Crippen LogP contribution in [0.15, 0.2) is 71.5 Å². The van der Waals surface area contributed by atoms with Gasteiger partial charge in [0.15, 0.2) is 0 Å². The molecule has 0 spiro atoms. The maximum atomic E-state index is 13.3. The highest BCUT2D eigenvalue weighted by Crippen LogP contribution is 2.25. The highest BCUT2D eigenvalue weighted by molar-refractivity contribution is 14.1. The van der Waals surface area contributed by atoms with E-state index in [9.17, 15) is 14.4 Å². The van der Waals surface area contributed by atoms with Gasteiger partial charge < -0.3 is 10.1 Å². The molecule has 0 atom stereocenters. The SMILES string of the molecule is CCCCOC(=O)Nc1ccc(-c2ccccc2I)n(CC(=O)NCCc2ccccc2)c1=O. The summed E-state index contributed by atoms with van der Waals surface area (Å²) in [6.07, 6.45) is 1.64. The Labute approximate surface area is 212 Å². The Morgan fingerprint density at radius 2 is 1.74 bits per heavy atom. The fraction of sp³-hybridized carbons (Fsp3) is 0.269. The standard InChI is InChI=1S/C26H28IN3O4/c1-2-3-17-34-26(33)29-22-13-14-23(20-11-7-8-12-21(20)27)30(25(22)32)18-24(31)28-16-15-19-9-5-4-6-10-19/h4-14H,2-3,15-18H2,1H3,(H,28,31)(H,29,33). The molecule has 0 saturated heterocycles. The highest BCUT2D eigenvalue weighted by Gasteiger charge is 2.17. The van der Waals surface area contributed by atoms with E-state index in [2.05, 4.69) is 33.2 Å². The van der Waals surface area contributed by atoms with Crippen LogP contribution in [0.1, 0.15) is 25.3 Å². The molecule has 0 aliphatic heterocycles. The number of carbonyl (C=O) groups is 2. The van der Waals surface area contributed by atoms with Crippen molar-refractivity contribution in [1.29, 1.82) is 0 Å². The lowest BCUT2D eigenvalue weighted by molar-refractivity contribution is -0.121. The van der Waals surface area contributed by atoms with Crippen LogP contribution in [0.5, 0.6) is 0 Å². The van der Waals surface area contributed by atoms with Crippen LogP contribution in [0, 0.1) is 3.57 Å². The van der Waals surface area contributed by atoms with E-state index in [0.29, 0.717) is 18.7 Å². The molecule has 0 unspecified atom stereocenters. The summed E-state index contributed by atoms with van der Waals surface area (Å²) in [5, 5.41) is 5.39. The van der Waals surface area contributed by atoms with Crippen molar-refractivity contribution in [2.45, 2.75) is 32.7 Å². The number of anilines is 1. The van der Waals surface area contributed by atoms with Gasteiger partial charge in [0.1, 0.15) is 12.2 Å². The average molecular weight is 573 g/mol. The second-order valence-electron chi connectivity index (χ2n) is 7.70. The summed E-state index contributed by atoms with van der Waals surface area (Å²) < 4.78 is 7.44. The van der Waals surface area contributed by atoms with E-state index in [-0.39, 0.29) is 24.7 Å². The molecule has 8 heteroatoms. The molecule has 2 aromatic carbocycles. The van der Waals surface area contributed by atoms with Crippen LogP contribution >= 0.6 is 22.6 Å². The number of amides is 2. The minimum Gasteiger partial charge on any atom is -0.449 e. The number of aromatic nitrogens is 1. The zero-order chi connectivity index (χ0) is 24.3. The molecule has 0 aliphatic rings. The van der Waals surface area contributed by atoms with Crippen molar-refractivity contribution in [3.63, 3.8) is 0 Å². The number of nitrogens with one attached hydrogen (secondary N) is 2. The van der Waals surface area contributed by atoms with Gasteiger partial charge in [0.05, 0.1) is 12.3 Å². The van der Waals surface area contributed by atoms with E-state index in [1.807, 2.05) is 61.5 Å². The quantitative estimate of drug-likeness (QED) is 0.269. The van der Waals surface area contributed by atoms with E-state index >= 15 is 0 Å². The van der Waals surface area contributed by atoms with Crippen molar-refractivity contribution in [2.24, 2.45) is 0 Å². The van der Waals surface area contributed by atoms with E-state index in [1.165, 1.54) is 4.57 Å². The van der Waals surface area contributed by atoms with Gasteiger partial charge in [0.2, 0.25) is 5.91 Å². The van der Waals surface area contributed by atoms with Gasteiger partial charge in [-0.15, -0.1) is 0 Å². The monoisotopic (exact) mass is 573 g/mol. The number of ether oxygens (including phenoxy) is 1. The zero-order valence-electron chi connectivity index (χ0n) is 19.1. The lowest BCUT2D eigenvalue weighted by Gasteiger charge is -2.16. The first-order chi connectivity index (χ1) is 16.5. The molecule has 0 fully saturated rings. The van der Waals surface area contributed by atoms with Crippen LogP contribution in [-0.4, -0.2) is 29.7 Å². The Balaban J connectivity index is 1.81. The molecular weight excluding hydrogens is 545 g/mol. The number of hydrogen-bond acceptors (Lipinski definition) is 4. The molecule has 2 N–H and O–H groups in total. The summed E-state index contributed by atoms with van der Waals surface area (Å²) in [4.78, 5) is 38.1. The summed E-state index contributed by atoms with van der Waals surface area (Å²) >= 11 is 2.20. The molecule has 3 aromatic rings. The molecule has 0 bridgehead atoms. The average Bonchev–Trinajstić information content (AvgIpc) is 2.83. The number of unbranched alkanes of at least 4 members (excludes halogenated alkanes) is 1. The number of hydrogen-bond donors (Lipinski definition) is 2. The molecule has 0 saturated carbocycles. The Morgan fingerprint density at radius 3 is 2.47 bits per heavy atom. The first-order valence-corrected chi connectivity index (χ1v) is 12.3. The van der Waals surface area contributed by atoms with Crippen LogP contribution in [0.4, 0.5) is 10.5 Å². The van der Waals surface area contributed by atoms with Crippen LogP contribution in [-0.2, 0) is 22.5 Å². The Bertz CT molecular complexity index is 1180. The first kappa shape index (κ1) is 25.5. The smallest absolute Gasteiger partial charge is 0.411 e. The Kier molecular flexibility index (Phi) is 9.69. The van der Waals surface area contributed by atoms with Gasteiger partial charge in [-0.25, -0.2) is 4.79 Å². The number of carbonyl (C=O) groups excluding carboxylic acids is 2. The van der Waals surface area contributed by atoms with E-state index in [4.69, 9.17) is 4.74 Å². The predicted molar refractivity (Wildman–Crippen MR) is 142 cm³/mol. The van der Waals surface area contributed by atoms with Gasteiger partial charge in [-0.1, -0.05) is 61.9 Å². The van der Waals surface area contributed by atoms with Gasteiger partial charge in [0.25, 0.3) is 5.56 Å². The molecule has 1 aromatic heterocycles. The summed E-state index contributed by atoms with van der Waals surface area (Å²) in [5.41, 5.74) is 2.14. The van der Waals surface area contributed by atoms with Gasteiger partial charge in [-0.2, -0.15) is 0 Å². The summed E-state index contributed by atoms with van der Waals surface area (Å²) in [6.45, 7) is 2.56. The van der Waals surface area contributed by atoms with Gasteiger partial charge in [0, 0.05) is 15.7 Å². The van der Waals surface area contributed by atoms with Crippen molar-refractivity contribution in [2.75, 3.05) is 18.5 Å². The van der Waals surface area contributed by atoms with Gasteiger partial charge in [-0.05, 0) is 59.2 Å². The van der Waals surface area contributed by atoms with Crippen LogP contribution in [0.3, 0.4) is 0 Å². The molecule has 0 radical (unpaired) electrons. The Morgan fingerprint density at radius 1 is 1.00 bits per heavy atom. The number of pyridine rings is 1. The molecule has 7 nitrogen and oxygen atoms in total. The zero-order valence-corrected chi connectivity index (χ0v) is 21.2. The predicted octanol–water partition coefficient (Wildman–Crippen LogP) is 4.83. The number of halogens is 1. The molecule has 0 aliphatic carbocycles. The fourth-order valence-electron chi connectivity index (χ4n) is 3.38. The van der Waals surface area contributed by atoms with Gasteiger partial charge >= 0.3 is 6.09 Å². The van der Waals surface area contributed by atoms with Crippen molar-refractivity contribution < 1.29 is 14.3 Å². The largest absolute Gasteiger partial charge is 0.449 e. The van der Waals surface area contributed by atoms with E-state index < -0.39 is 11.7 Å². The maximum Gasteiger partial charge on any atom is 0.411 e. The third-order valence-electron chi connectivity index (χ3n) is 5.17. The third kappa shape index (κ3) is 7.18. The molecule has 3 rings (SSSR count). The van der Waals surface area contributed by atoms with E-state index in [0.717, 1.165) is 27.5 Å². The van der Waals surface area contributed by atoms with E-state index in [1.54, 1.807) is 12.1 Å². The summed E-state index contributed by atoms with van der Waals surface area (Å²) in [7, 11) is 0. The van der Waals surface area contributed by atoms with Crippen LogP contribution in [0.25, 0.3) is 11.3 Å². The first-order valence-electron chi connectivity index (χ1n) is 11.2. The summed E-state index contributed by atoms with van der Waals surface area (Å²) in [6, 6.07) is 20.8. The van der Waals surface area contributed by atoms with Crippen molar-refractivity contribution in [3.05, 3.63) is 86.2 Å². The van der Waals surface area contributed by atoms with Crippen LogP contribution < -0.4 is 16.2 Å². The number of rotatable bonds is 10. The highest BCUT2D eigenvalue weighted by atomic mass is 127. The minimum atomic E-state index is -0.688. The molecular formula is C26H28IN3O4. The second kappa shape index (κ2) is 12.9.